The average molecular weight is 339 g/mol. The molecule has 0 unspecified atom stereocenters. The summed E-state index contributed by atoms with van der Waals surface area (Å²) in [4.78, 5) is 16.2. The third-order valence-electron chi connectivity index (χ3n) is 3.53. The number of amides is 1. The molecule has 0 saturated carbocycles. The number of anilines is 1. The summed E-state index contributed by atoms with van der Waals surface area (Å²) < 4.78 is 2.33. The summed E-state index contributed by atoms with van der Waals surface area (Å²) in [5, 5.41) is 9.86. The Kier molecular flexibility index (Phi) is 4.81. The molecular formula is C17H17N5OS. The first-order valence-electron chi connectivity index (χ1n) is 7.56. The minimum absolute atomic E-state index is 0.119. The van der Waals surface area contributed by atoms with Gasteiger partial charge in [-0.15, -0.1) is 0 Å². The first kappa shape index (κ1) is 16.1. The smallest absolute Gasteiger partial charge is 0.227 e. The van der Waals surface area contributed by atoms with E-state index in [9.17, 15) is 4.79 Å². The maximum atomic E-state index is 12.1. The molecule has 3 aromatic rings. The van der Waals surface area contributed by atoms with Crippen LogP contribution < -0.4 is 5.32 Å². The van der Waals surface area contributed by atoms with Crippen molar-refractivity contribution in [2.24, 2.45) is 0 Å². The third-order valence-corrected chi connectivity index (χ3v) is 3.84. The summed E-state index contributed by atoms with van der Waals surface area (Å²) in [7, 11) is 0. The van der Waals surface area contributed by atoms with Crippen molar-refractivity contribution in [2.45, 2.75) is 19.9 Å². The van der Waals surface area contributed by atoms with Crippen molar-refractivity contribution in [1.29, 1.82) is 0 Å². The van der Waals surface area contributed by atoms with E-state index < -0.39 is 0 Å². The Balaban J connectivity index is 1.73. The molecule has 1 amide bonds. The Bertz CT molecular complexity index is 901. The molecule has 0 bridgehead atoms. The van der Waals surface area contributed by atoms with Gasteiger partial charge >= 0.3 is 0 Å². The molecule has 24 heavy (non-hydrogen) atoms. The van der Waals surface area contributed by atoms with E-state index in [-0.39, 0.29) is 12.3 Å². The maximum Gasteiger partial charge on any atom is 0.227 e. The van der Waals surface area contributed by atoms with Gasteiger partial charge in [-0.3, -0.25) is 14.5 Å². The average Bonchev–Trinajstić information content (AvgIpc) is 2.95. The van der Waals surface area contributed by atoms with E-state index in [2.05, 4.69) is 20.5 Å². The molecule has 0 fully saturated rings. The minimum atomic E-state index is -0.119. The second kappa shape index (κ2) is 7.18. The molecule has 0 spiro atoms. The predicted molar refractivity (Wildman–Crippen MR) is 95.1 cm³/mol. The first-order chi connectivity index (χ1) is 11.6. The van der Waals surface area contributed by atoms with Crippen molar-refractivity contribution in [3.8, 4) is 11.4 Å². The van der Waals surface area contributed by atoms with Crippen molar-refractivity contribution in [2.75, 3.05) is 5.32 Å². The van der Waals surface area contributed by atoms with E-state index in [0.717, 1.165) is 17.0 Å². The molecule has 0 radical (unpaired) electrons. The molecule has 0 aliphatic carbocycles. The molecule has 6 nitrogen and oxygen atoms in total. The van der Waals surface area contributed by atoms with Crippen LogP contribution in [-0.2, 0) is 11.3 Å². The van der Waals surface area contributed by atoms with E-state index in [0.29, 0.717) is 17.1 Å². The van der Waals surface area contributed by atoms with Gasteiger partial charge in [-0.25, -0.2) is 4.98 Å². The van der Waals surface area contributed by atoms with E-state index in [4.69, 9.17) is 12.2 Å². The second-order valence-electron chi connectivity index (χ2n) is 5.39. The normalized spacial score (nSPS) is 10.5. The summed E-state index contributed by atoms with van der Waals surface area (Å²) in [5.41, 5.74) is 2.10. The fraction of sp³-hybridized carbons (Fsp3) is 0.176. The van der Waals surface area contributed by atoms with Crippen LogP contribution in [0, 0.1) is 11.7 Å². The fourth-order valence-electron chi connectivity index (χ4n) is 2.39. The number of benzene rings is 1. The number of aromatic amines is 1. The topological polar surface area (TPSA) is 75.6 Å². The number of rotatable bonds is 5. The molecule has 1 aromatic carbocycles. The summed E-state index contributed by atoms with van der Waals surface area (Å²) >= 11 is 5.29. The number of hydrogen-bond donors (Lipinski definition) is 2. The molecule has 0 aliphatic rings. The zero-order valence-electron chi connectivity index (χ0n) is 13.2. The largest absolute Gasteiger partial charge is 0.311 e. The number of aromatic nitrogens is 4. The zero-order valence-corrected chi connectivity index (χ0v) is 14.0. The molecule has 2 aromatic heterocycles. The van der Waals surface area contributed by atoms with E-state index in [1.165, 1.54) is 0 Å². The summed E-state index contributed by atoms with van der Waals surface area (Å²) in [6.07, 6.45) is 1.92. The molecule has 2 heterocycles. The summed E-state index contributed by atoms with van der Waals surface area (Å²) in [6, 6.07) is 13.4. The number of nitrogens with one attached hydrogen (secondary N) is 2. The Morgan fingerprint density at radius 1 is 1.29 bits per heavy atom. The van der Waals surface area contributed by atoms with Crippen LogP contribution in [-0.4, -0.2) is 25.7 Å². The number of hydrogen-bond acceptors (Lipinski definition) is 4. The van der Waals surface area contributed by atoms with Crippen LogP contribution in [0.4, 0.5) is 5.82 Å². The van der Waals surface area contributed by atoms with Crippen molar-refractivity contribution < 1.29 is 4.79 Å². The van der Waals surface area contributed by atoms with Crippen LogP contribution in [0.1, 0.15) is 12.0 Å². The SMILES string of the molecule is Cc1cccc(-c2n[nH]c(=S)n2CCC(=O)Nc2ccccn2)c1. The fourth-order valence-corrected chi connectivity index (χ4v) is 2.61. The highest BCUT2D eigenvalue weighted by Crippen LogP contribution is 2.19. The van der Waals surface area contributed by atoms with Gasteiger partial charge in [-0.1, -0.05) is 29.8 Å². The van der Waals surface area contributed by atoms with E-state index in [1.807, 2.05) is 41.8 Å². The minimum Gasteiger partial charge on any atom is -0.311 e. The van der Waals surface area contributed by atoms with Crippen LogP contribution in [0.15, 0.2) is 48.7 Å². The van der Waals surface area contributed by atoms with Crippen LogP contribution in [0.2, 0.25) is 0 Å². The van der Waals surface area contributed by atoms with Crippen molar-refractivity contribution in [1.82, 2.24) is 19.7 Å². The maximum absolute atomic E-state index is 12.1. The number of H-pyrrole nitrogens is 1. The second-order valence-corrected chi connectivity index (χ2v) is 5.77. The van der Waals surface area contributed by atoms with Crippen LogP contribution in [0.25, 0.3) is 11.4 Å². The summed E-state index contributed by atoms with van der Waals surface area (Å²) in [6.45, 7) is 2.46. The molecule has 2 N–H and O–H groups in total. The number of aryl methyl sites for hydroxylation is 1. The lowest BCUT2D eigenvalue weighted by Gasteiger charge is -2.08. The van der Waals surface area contributed by atoms with Gasteiger partial charge in [0.1, 0.15) is 5.82 Å². The van der Waals surface area contributed by atoms with Gasteiger partial charge in [0.25, 0.3) is 0 Å². The Morgan fingerprint density at radius 3 is 2.92 bits per heavy atom. The third kappa shape index (κ3) is 3.75. The molecule has 0 atom stereocenters. The van der Waals surface area contributed by atoms with Gasteiger partial charge in [-0.2, -0.15) is 5.10 Å². The predicted octanol–water partition coefficient (Wildman–Crippen LogP) is 3.34. The van der Waals surface area contributed by atoms with Crippen molar-refractivity contribution >= 4 is 23.9 Å². The van der Waals surface area contributed by atoms with Gasteiger partial charge in [0.2, 0.25) is 5.91 Å². The quantitative estimate of drug-likeness (QED) is 0.699. The Morgan fingerprint density at radius 2 is 2.17 bits per heavy atom. The number of carbonyl (C=O) groups excluding carboxylic acids is 1. The first-order valence-corrected chi connectivity index (χ1v) is 7.97. The molecular weight excluding hydrogens is 322 g/mol. The summed E-state index contributed by atoms with van der Waals surface area (Å²) in [5.74, 6) is 1.15. The highest BCUT2D eigenvalue weighted by Gasteiger charge is 2.11. The van der Waals surface area contributed by atoms with E-state index in [1.54, 1.807) is 18.3 Å². The molecule has 0 saturated heterocycles. The van der Waals surface area contributed by atoms with Crippen LogP contribution in [0.5, 0.6) is 0 Å². The number of pyridine rings is 1. The van der Waals surface area contributed by atoms with Gasteiger partial charge in [0.05, 0.1) is 0 Å². The lowest BCUT2D eigenvalue weighted by molar-refractivity contribution is -0.116. The monoisotopic (exact) mass is 339 g/mol. The van der Waals surface area contributed by atoms with Gasteiger partial charge in [0.15, 0.2) is 10.6 Å². The Labute approximate surface area is 144 Å². The van der Waals surface area contributed by atoms with E-state index >= 15 is 0 Å². The number of nitrogens with zero attached hydrogens (tertiary/aromatic N) is 3. The van der Waals surface area contributed by atoms with Crippen LogP contribution in [0.3, 0.4) is 0 Å². The molecule has 0 aliphatic heterocycles. The zero-order chi connectivity index (χ0) is 16.9. The Hall–Kier alpha value is -2.80. The molecule has 3 rings (SSSR count). The lowest BCUT2D eigenvalue weighted by atomic mass is 10.1. The van der Waals surface area contributed by atoms with Crippen molar-refractivity contribution in [3.05, 3.63) is 59.0 Å². The van der Waals surface area contributed by atoms with Gasteiger partial charge in [-0.05, 0) is 37.3 Å². The standard InChI is InChI=1S/C17H17N5OS/c1-12-5-4-6-13(11-12)16-20-21-17(24)22(16)10-8-15(23)19-14-7-2-3-9-18-14/h2-7,9,11H,8,10H2,1H3,(H,21,24)(H,18,19,23). The highest BCUT2D eigenvalue weighted by atomic mass is 32.1. The van der Waals surface area contributed by atoms with Gasteiger partial charge in [0, 0.05) is 24.7 Å². The van der Waals surface area contributed by atoms with Gasteiger partial charge < -0.3 is 5.32 Å². The van der Waals surface area contributed by atoms with Crippen LogP contribution >= 0.6 is 12.2 Å². The van der Waals surface area contributed by atoms with Crippen molar-refractivity contribution in [3.63, 3.8) is 0 Å². The molecule has 122 valence electrons. The highest BCUT2D eigenvalue weighted by molar-refractivity contribution is 7.71. The molecule has 7 heteroatoms. The lowest BCUT2D eigenvalue weighted by Crippen LogP contribution is -2.15. The number of carbonyl (C=O) groups is 1.